The van der Waals surface area contributed by atoms with E-state index in [4.69, 9.17) is 16.3 Å². The van der Waals surface area contributed by atoms with Gasteiger partial charge in [-0.2, -0.15) is 0 Å². The Labute approximate surface area is 141 Å². The Hall–Kier alpha value is -2.20. The monoisotopic (exact) mass is 330 g/mol. The molecule has 1 saturated heterocycles. The Morgan fingerprint density at radius 1 is 1.04 bits per heavy atom. The molecule has 23 heavy (non-hydrogen) atoms. The standard InChI is InChI=1S/C18H19ClN2O2/c1-23-17-7-3-6-16(13-17)20-8-10-21(11-9-20)18(22)14-4-2-5-15(19)12-14/h2-7,12-13H,8-11H2,1H3. The van der Waals surface area contributed by atoms with E-state index in [2.05, 4.69) is 11.0 Å². The van der Waals surface area contributed by atoms with Crippen molar-refractivity contribution in [2.24, 2.45) is 0 Å². The Bertz CT molecular complexity index is 697. The Morgan fingerprint density at radius 3 is 2.48 bits per heavy atom. The van der Waals surface area contributed by atoms with Crippen molar-refractivity contribution in [3.05, 3.63) is 59.1 Å². The minimum Gasteiger partial charge on any atom is -0.497 e. The van der Waals surface area contributed by atoms with Gasteiger partial charge >= 0.3 is 0 Å². The van der Waals surface area contributed by atoms with Crippen LogP contribution in [-0.4, -0.2) is 44.1 Å². The summed E-state index contributed by atoms with van der Waals surface area (Å²) in [5, 5.41) is 0.589. The smallest absolute Gasteiger partial charge is 0.254 e. The van der Waals surface area contributed by atoms with Gasteiger partial charge in [0.2, 0.25) is 0 Å². The average Bonchev–Trinajstić information content (AvgIpc) is 2.61. The number of piperazine rings is 1. The van der Waals surface area contributed by atoms with Gasteiger partial charge in [0.1, 0.15) is 5.75 Å². The fraction of sp³-hybridized carbons (Fsp3) is 0.278. The van der Waals surface area contributed by atoms with Crippen LogP contribution in [0.4, 0.5) is 5.69 Å². The third-order valence-electron chi connectivity index (χ3n) is 4.06. The summed E-state index contributed by atoms with van der Waals surface area (Å²) in [4.78, 5) is 16.7. The van der Waals surface area contributed by atoms with Crippen LogP contribution in [-0.2, 0) is 0 Å². The van der Waals surface area contributed by atoms with Crippen LogP contribution in [0.3, 0.4) is 0 Å². The number of halogens is 1. The van der Waals surface area contributed by atoms with Crippen LogP contribution in [0.1, 0.15) is 10.4 Å². The molecule has 0 unspecified atom stereocenters. The van der Waals surface area contributed by atoms with Crippen LogP contribution in [0.25, 0.3) is 0 Å². The molecule has 1 heterocycles. The molecule has 1 aliphatic heterocycles. The maximum atomic E-state index is 12.5. The number of anilines is 1. The van der Waals surface area contributed by atoms with Gasteiger partial charge in [-0.1, -0.05) is 23.7 Å². The molecule has 5 heteroatoms. The Morgan fingerprint density at radius 2 is 1.78 bits per heavy atom. The third kappa shape index (κ3) is 3.59. The molecule has 120 valence electrons. The summed E-state index contributed by atoms with van der Waals surface area (Å²) in [5.74, 6) is 0.887. The lowest BCUT2D eigenvalue weighted by Gasteiger charge is -2.36. The number of hydrogen-bond acceptors (Lipinski definition) is 3. The zero-order chi connectivity index (χ0) is 16.2. The van der Waals surface area contributed by atoms with E-state index in [1.54, 1.807) is 19.2 Å². The number of nitrogens with zero attached hydrogens (tertiary/aromatic N) is 2. The zero-order valence-electron chi connectivity index (χ0n) is 13.0. The van der Waals surface area contributed by atoms with Crippen molar-refractivity contribution < 1.29 is 9.53 Å². The number of rotatable bonds is 3. The van der Waals surface area contributed by atoms with Crippen molar-refractivity contribution in [2.45, 2.75) is 0 Å². The summed E-state index contributed by atoms with van der Waals surface area (Å²) >= 11 is 5.97. The van der Waals surface area contributed by atoms with Gasteiger partial charge in [0.25, 0.3) is 5.91 Å². The molecule has 4 nitrogen and oxygen atoms in total. The van der Waals surface area contributed by atoms with Gasteiger partial charge in [-0.15, -0.1) is 0 Å². The second-order valence-corrected chi connectivity index (χ2v) is 5.93. The topological polar surface area (TPSA) is 32.8 Å². The summed E-state index contributed by atoms with van der Waals surface area (Å²) in [7, 11) is 1.67. The molecule has 0 bridgehead atoms. The van der Waals surface area contributed by atoms with E-state index in [0.29, 0.717) is 23.7 Å². The molecule has 0 aromatic heterocycles. The van der Waals surface area contributed by atoms with Crippen molar-refractivity contribution in [3.63, 3.8) is 0 Å². The molecular weight excluding hydrogens is 312 g/mol. The maximum absolute atomic E-state index is 12.5. The average molecular weight is 331 g/mol. The van der Waals surface area contributed by atoms with Crippen LogP contribution in [0.15, 0.2) is 48.5 Å². The van der Waals surface area contributed by atoms with E-state index in [1.807, 2.05) is 35.2 Å². The van der Waals surface area contributed by atoms with Crippen molar-refractivity contribution >= 4 is 23.2 Å². The van der Waals surface area contributed by atoms with Gasteiger partial charge in [0.15, 0.2) is 0 Å². The molecular formula is C18H19ClN2O2. The Balaban J connectivity index is 1.65. The fourth-order valence-electron chi connectivity index (χ4n) is 2.78. The van der Waals surface area contributed by atoms with Gasteiger partial charge in [0.05, 0.1) is 7.11 Å². The molecule has 1 aliphatic rings. The summed E-state index contributed by atoms with van der Waals surface area (Å²) < 4.78 is 5.27. The normalized spacial score (nSPS) is 14.7. The minimum absolute atomic E-state index is 0.0396. The molecule has 0 saturated carbocycles. The van der Waals surface area contributed by atoms with E-state index in [-0.39, 0.29) is 5.91 Å². The first-order valence-electron chi connectivity index (χ1n) is 7.61. The number of carbonyl (C=O) groups is 1. The van der Waals surface area contributed by atoms with E-state index >= 15 is 0 Å². The summed E-state index contributed by atoms with van der Waals surface area (Å²) in [6, 6.07) is 15.1. The number of amides is 1. The molecule has 0 atom stereocenters. The van der Waals surface area contributed by atoms with Crippen LogP contribution in [0.2, 0.25) is 5.02 Å². The predicted molar refractivity (Wildman–Crippen MR) is 92.6 cm³/mol. The SMILES string of the molecule is COc1cccc(N2CCN(C(=O)c3cccc(Cl)c3)CC2)c1. The lowest BCUT2D eigenvalue weighted by atomic mass is 10.1. The van der Waals surface area contributed by atoms with Crippen LogP contribution in [0, 0.1) is 0 Å². The highest BCUT2D eigenvalue weighted by Crippen LogP contribution is 2.22. The second kappa shape index (κ2) is 6.92. The summed E-state index contributed by atoms with van der Waals surface area (Å²) in [6.45, 7) is 3.00. The third-order valence-corrected chi connectivity index (χ3v) is 4.29. The first-order chi connectivity index (χ1) is 11.2. The van der Waals surface area contributed by atoms with Crippen LogP contribution < -0.4 is 9.64 Å². The second-order valence-electron chi connectivity index (χ2n) is 5.49. The van der Waals surface area contributed by atoms with E-state index < -0.39 is 0 Å². The van der Waals surface area contributed by atoms with Gasteiger partial charge in [-0.25, -0.2) is 0 Å². The molecule has 1 amide bonds. The van der Waals surface area contributed by atoms with Crippen molar-refractivity contribution in [2.75, 3.05) is 38.2 Å². The first-order valence-corrected chi connectivity index (χ1v) is 7.99. The fourth-order valence-corrected chi connectivity index (χ4v) is 2.97. The molecule has 2 aromatic carbocycles. The first kappa shape index (κ1) is 15.7. The quantitative estimate of drug-likeness (QED) is 0.865. The number of methoxy groups -OCH3 is 1. The predicted octanol–water partition coefficient (Wildman–Crippen LogP) is 3.31. The molecule has 2 aromatic rings. The molecule has 0 radical (unpaired) electrons. The maximum Gasteiger partial charge on any atom is 0.254 e. The lowest BCUT2D eigenvalue weighted by Crippen LogP contribution is -2.48. The van der Waals surface area contributed by atoms with Crippen molar-refractivity contribution in [1.82, 2.24) is 4.90 Å². The van der Waals surface area contributed by atoms with Crippen LogP contribution in [0.5, 0.6) is 5.75 Å². The zero-order valence-corrected chi connectivity index (χ0v) is 13.8. The van der Waals surface area contributed by atoms with E-state index in [9.17, 15) is 4.79 Å². The molecule has 0 spiro atoms. The number of ether oxygens (including phenoxy) is 1. The minimum atomic E-state index is 0.0396. The van der Waals surface area contributed by atoms with Gasteiger partial charge in [-0.3, -0.25) is 4.79 Å². The molecule has 1 fully saturated rings. The highest BCUT2D eigenvalue weighted by Gasteiger charge is 2.22. The van der Waals surface area contributed by atoms with E-state index in [0.717, 1.165) is 24.5 Å². The van der Waals surface area contributed by atoms with Gasteiger partial charge in [0, 0.05) is 48.5 Å². The number of carbonyl (C=O) groups excluding carboxylic acids is 1. The Kier molecular flexibility index (Phi) is 4.72. The summed E-state index contributed by atoms with van der Waals surface area (Å²) in [5.41, 5.74) is 1.77. The highest BCUT2D eigenvalue weighted by atomic mass is 35.5. The largest absolute Gasteiger partial charge is 0.497 e. The number of hydrogen-bond donors (Lipinski definition) is 0. The molecule has 3 rings (SSSR count). The summed E-state index contributed by atoms with van der Waals surface area (Å²) in [6.07, 6.45) is 0. The van der Waals surface area contributed by atoms with Crippen LogP contribution >= 0.6 is 11.6 Å². The lowest BCUT2D eigenvalue weighted by molar-refractivity contribution is 0.0747. The van der Waals surface area contributed by atoms with E-state index in [1.165, 1.54) is 0 Å². The van der Waals surface area contributed by atoms with Gasteiger partial charge < -0.3 is 14.5 Å². The molecule has 0 N–H and O–H groups in total. The number of benzene rings is 2. The highest BCUT2D eigenvalue weighted by molar-refractivity contribution is 6.30. The molecule has 0 aliphatic carbocycles. The van der Waals surface area contributed by atoms with Crippen molar-refractivity contribution in [1.29, 1.82) is 0 Å². The van der Waals surface area contributed by atoms with Crippen molar-refractivity contribution in [3.8, 4) is 5.75 Å². The van der Waals surface area contributed by atoms with Gasteiger partial charge in [-0.05, 0) is 30.3 Å².